The fourth-order valence-electron chi connectivity index (χ4n) is 1.45. The zero-order valence-corrected chi connectivity index (χ0v) is 9.92. The quantitative estimate of drug-likeness (QED) is 0.626. The van der Waals surface area contributed by atoms with Gasteiger partial charge < -0.3 is 11.1 Å². The number of carbonyl (C=O) groups excluding carboxylic acids is 1. The lowest BCUT2D eigenvalue weighted by molar-refractivity contribution is 0.0952. The highest BCUT2D eigenvalue weighted by Crippen LogP contribution is 2.04. The van der Waals surface area contributed by atoms with Gasteiger partial charge in [-0.1, -0.05) is 6.92 Å². The van der Waals surface area contributed by atoms with Crippen LogP contribution in [0.1, 0.15) is 35.8 Å². The van der Waals surface area contributed by atoms with Crippen molar-refractivity contribution in [3.63, 3.8) is 0 Å². The lowest BCUT2D eigenvalue weighted by Crippen LogP contribution is -2.25. The number of rotatable bonds is 6. The highest BCUT2D eigenvalue weighted by atomic mass is 16.1. The summed E-state index contributed by atoms with van der Waals surface area (Å²) in [5.41, 5.74) is 6.93. The molecule has 4 N–H and O–H groups in total. The number of nitrogens with two attached hydrogens (primary N) is 1. The molecule has 90 valence electrons. The minimum absolute atomic E-state index is 0.0633. The molecule has 0 aliphatic heterocycles. The smallest absolute Gasteiger partial charge is 0.254 e. The first kappa shape index (κ1) is 12.7. The maximum absolute atomic E-state index is 11.6. The van der Waals surface area contributed by atoms with E-state index >= 15 is 0 Å². The summed E-state index contributed by atoms with van der Waals surface area (Å²) in [7, 11) is 0. The molecule has 0 saturated carbocycles. The molecule has 5 nitrogen and oxygen atoms in total. The molecule has 0 bridgehead atoms. The number of aromatic nitrogens is 2. The Morgan fingerprint density at radius 2 is 2.44 bits per heavy atom. The summed E-state index contributed by atoms with van der Waals surface area (Å²) in [6.45, 7) is 5.34. The third-order valence-corrected chi connectivity index (χ3v) is 2.64. The second kappa shape index (κ2) is 6.27. The number of nitrogens with zero attached hydrogens (tertiary/aromatic N) is 1. The zero-order valence-electron chi connectivity index (χ0n) is 9.92. The molecule has 0 spiro atoms. The van der Waals surface area contributed by atoms with Crippen molar-refractivity contribution in [1.29, 1.82) is 0 Å². The van der Waals surface area contributed by atoms with E-state index in [4.69, 9.17) is 5.73 Å². The third kappa shape index (κ3) is 3.66. The predicted molar refractivity (Wildman–Crippen MR) is 63.1 cm³/mol. The van der Waals surface area contributed by atoms with Crippen LogP contribution in [-0.4, -0.2) is 29.2 Å². The molecule has 1 atom stereocenters. The van der Waals surface area contributed by atoms with E-state index in [-0.39, 0.29) is 5.91 Å². The molecular formula is C11H20N4O. The van der Waals surface area contributed by atoms with Crippen LogP contribution in [0.2, 0.25) is 0 Å². The van der Waals surface area contributed by atoms with E-state index in [0.29, 0.717) is 24.6 Å². The summed E-state index contributed by atoms with van der Waals surface area (Å²) >= 11 is 0. The van der Waals surface area contributed by atoms with Crippen LogP contribution in [0.25, 0.3) is 0 Å². The van der Waals surface area contributed by atoms with E-state index in [2.05, 4.69) is 22.4 Å². The van der Waals surface area contributed by atoms with E-state index in [9.17, 15) is 4.79 Å². The highest BCUT2D eigenvalue weighted by Gasteiger charge is 2.09. The van der Waals surface area contributed by atoms with Gasteiger partial charge in [0.15, 0.2) is 0 Å². The van der Waals surface area contributed by atoms with Crippen molar-refractivity contribution in [3.8, 4) is 0 Å². The molecule has 0 saturated heterocycles. The van der Waals surface area contributed by atoms with Gasteiger partial charge in [0.2, 0.25) is 0 Å². The first-order valence-electron chi connectivity index (χ1n) is 5.63. The van der Waals surface area contributed by atoms with E-state index < -0.39 is 0 Å². The van der Waals surface area contributed by atoms with Crippen molar-refractivity contribution >= 4 is 5.91 Å². The van der Waals surface area contributed by atoms with Crippen LogP contribution in [0.3, 0.4) is 0 Å². The average Bonchev–Trinajstić information content (AvgIpc) is 2.70. The summed E-state index contributed by atoms with van der Waals surface area (Å²) in [5, 5.41) is 9.42. The molecule has 1 rings (SSSR count). The Morgan fingerprint density at radius 1 is 1.69 bits per heavy atom. The van der Waals surface area contributed by atoms with Gasteiger partial charge in [-0.2, -0.15) is 5.10 Å². The van der Waals surface area contributed by atoms with Crippen LogP contribution in [0, 0.1) is 12.8 Å². The lowest BCUT2D eigenvalue weighted by atomic mass is 10.1. The van der Waals surface area contributed by atoms with Gasteiger partial charge >= 0.3 is 0 Å². The number of carbonyl (C=O) groups is 1. The van der Waals surface area contributed by atoms with Gasteiger partial charge in [0, 0.05) is 12.2 Å². The normalized spacial score (nSPS) is 12.4. The van der Waals surface area contributed by atoms with Crippen molar-refractivity contribution in [2.24, 2.45) is 11.7 Å². The Balaban J connectivity index is 2.24. The number of amides is 1. The Bertz CT molecular complexity index is 334. The average molecular weight is 224 g/mol. The molecule has 0 fully saturated rings. The van der Waals surface area contributed by atoms with Gasteiger partial charge in [-0.3, -0.25) is 9.89 Å². The molecule has 5 heteroatoms. The second-order valence-electron chi connectivity index (χ2n) is 4.15. The van der Waals surface area contributed by atoms with Gasteiger partial charge in [0.1, 0.15) is 0 Å². The predicted octanol–water partition coefficient (Wildman–Crippen LogP) is 0.823. The highest BCUT2D eigenvalue weighted by molar-refractivity contribution is 5.94. The minimum atomic E-state index is -0.0633. The fourth-order valence-corrected chi connectivity index (χ4v) is 1.45. The summed E-state index contributed by atoms with van der Waals surface area (Å²) < 4.78 is 0. The van der Waals surface area contributed by atoms with E-state index in [0.717, 1.165) is 18.5 Å². The molecule has 16 heavy (non-hydrogen) atoms. The second-order valence-corrected chi connectivity index (χ2v) is 4.15. The first-order valence-corrected chi connectivity index (χ1v) is 5.63. The molecular weight excluding hydrogens is 204 g/mol. The van der Waals surface area contributed by atoms with Crippen LogP contribution in [0.15, 0.2) is 6.20 Å². The molecule has 0 radical (unpaired) electrons. The van der Waals surface area contributed by atoms with Crippen molar-refractivity contribution in [2.75, 3.05) is 13.1 Å². The number of nitrogens with one attached hydrogen (secondary N) is 2. The SMILES string of the molecule is Cc1[nH]ncc1C(=O)NCCCC(C)CN. The van der Waals surface area contributed by atoms with Crippen molar-refractivity contribution < 1.29 is 4.79 Å². The van der Waals surface area contributed by atoms with Crippen LogP contribution in [0.4, 0.5) is 0 Å². The first-order chi connectivity index (χ1) is 7.65. The molecule has 1 unspecified atom stereocenters. The molecule has 1 aromatic heterocycles. The van der Waals surface area contributed by atoms with Crippen LogP contribution < -0.4 is 11.1 Å². The van der Waals surface area contributed by atoms with Gasteiger partial charge in [-0.05, 0) is 32.2 Å². The van der Waals surface area contributed by atoms with Crippen molar-refractivity contribution in [1.82, 2.24) is 15.5 Å². The third-order valence-electron chi connectivity index (χ3n) is 2.64. The maximum Gasteiger partial charge on any atom is 0.254 e. The lowest BCUT2D eigenvalue weighted by Gasteiger charge is -2.08. The topological polar surface area (TPSA) is 83.8 Å². The number of hydrogen-bond donors (Lipinski definition) is 3. The van der Waals surface area contributed by atoms with Gasteiger partial charge in [0.25, 0.3) is 5.91 Å². The number of hydrogen-bond acceptors (Lipinski definition) is 3. The van der Waals surface area contributed by atoms with E-state index in [1.165, 1.54) is 0 Å². The fraction of sp³-hybridized carbons (Fsp3) is 0.636. The van der Waals surface area contributed by atoms with Gasteiger partial charge in [-0.25, -0.2) is 0 Å². The molecule has 0 aromatic carbocycles. The van der Waals surface area contributed by atoms with Crippen molar-refractivity contribution in [2.45, 2.75) is 26.7 Å². The van der Waals surface area contributed by atoms with Crippen LogP contribution >= 0.6 is 0 Å². The van der Waals surface area contributed by atoms with E-state index in [1.54, 1.807) is 6.20 Å². The van der Waals surface area contributed by atoms with E-state index in [1.807, 2.05) is 6.92 Å². The molecule has 1 heterocycles. The Hall–Kier alpha value is -1.36. The Labute approximate surface area is 95.8 Å². The zero-order chi connectivity index (χ0) is 12.0. The summed E-state index contributed by atoms with van der Waals surface area (Å²) in [6.07, 6.45) is 3.55. The monoisotopic (exact) mass is 224 g/mol. The summed E-state index contributed by atoms with van der Waals surface area (Å²) in [6, 6.07) is 0. The van der Waals surface area contributed by atoms with Gasteiger partial charge in [0.05, 0.1) is 11.8 Å². The molecule has 0 aliphatic rings. The summed E-state index contributed by atoms with van der Waals surface area (Å²) in [5.74, 6) is 0.458. The maximum atomic E-state index is 11.6. The van der Waals surface area contributed by atoms with Crippen LogP contribution in [0.5, 0.6) is 0 Å². The largest absolute Gasteiger partial charge is 0.352 e. The Kier molecular flexibility index (Phi) is 4.98. The molecule has 1 amide bonds. The molecule has 1 aromatic rings. The number of aryl methyl sites for hydroxylation is 1. The Morgan fingerprint density at radius 3 is 3.00 bits per heavy atom. The standard InChI is InChI=1S/C11H20N4O/c1-8(6-12)4-3-5-13-11(16)10-7-14-15-9(10)2/h7-8H,3-6,12H2,1-2H3,(H,13,16)(H,14,15). The number of aromatic amines is 1. The van der Waals surface area contributed by atoms with Crippen molar-refractivity contribution in [3.05, 3.63) is 17.5 Å². The van der Waals surface area contributed by atoms with Gasteiger partial charge in [-0.15, -0.1) is 0 Å². The summed E-state index contributed by atoms with van der Waals surface area (Å²) in [4.78, 5) is 11.6. The molecule has 0 aliphatic carbocycles. The number of H-pyrrole nitrogens is 1. The van der Waals surface area contributed by atoms with Crippen LogP contribution in [-0.2, 0) is 0 Å². The minimum Gasteiger partial charge on any atom is -0.352 e.